The number of carbonyl (C=O) groups excluding carboxylic acids is 3. The molecule has 8 nitrogen and oxygen atoms in total. The number of hydrogen-bond acceptors (Lipinski definition) is 6. The largest absolute Gasteiger partial charge is 0.381 e. The van der Waals surface area contributed by atoms with Crippen LogP contribution in [0.5, 0.6) is 0 Å². The van der Waals surface area contributed by atoms with Crippen molar-refractivity contribution in [1.29, 1.82) is 0 Å². The number of piperidine rings is 1. The van der Waals surface area contributed by atoms with Gasteiger partial charge in [0.1, 0.15) is 6.04 Å². The molecule has 4 heterocycles. The van der Waals surface area contributed by atoms with Gasteiger partial charge >= 0.3 is 0 Å². The lowest BCUT2D eigenvalue weighted by atomic mass is 9.74. The van der Waals surface area contributed by atoms with Gasteiger partial charge in [0.2, 0.25) is 11.8 Å². The van der Waals surface area contributed by atoms with E-state index in [1.807, 2.05) is 12.1 Å². The molecule has 1 aromatic rings. The summed E-state index contributed by atoms with van der Waals surface area (Å²) in [6.45, 7) is 5.29. The monoisotopic (exact) mass is 412 g/mol. The minimum atomic E-state index is -0.581. The lowest BCUT2D eigenvalue weighted by Gasteiger charge is -2.37. The predicted molar refractivity (Wildman–Crippen MR) is 108 cm³/mol. The van der Waals surface area contributed by atoms with E-state index in [9.17, 15) is 14.4 Å². The maximum atomic E-state index is 13.0. The molecule has 0 aromatic heterocycles. The number of carbonyl (C=O) groups is 3. The number of ether oxygens (including phenoxy) is 1. The molecule has 4 aliphatic rings. The molecule has 3 fully saturated rings. The Kier molecular flexibility index (Phi) is 4.88. The summed E-state index contributed by atoms with van der Waals surface area (Å²) in [6, 6.07) is 5.26. The Morgan fingerprint density at radius 2 is 2.13 bits per heavy atom. The number of nitrogens with zero attached hydrogens (tertiary/aromatic N) is 2. The van der Waals surface area contributed by atoms with Gasteiger partial charge in [-0.1, -0.05) is 12.1 Å². The summed E-state index contributed by atoms with van der Waals surface area (Å²) >= 11 is 0. The third-order valence-electron chi connectivity index (χ3n) is 7.43. The van der Waals surface area contributed by atoms with Crippen LogP contribution in [0.2, 0.25) is 0 Å². The summed E-state index contributed by atoms with van der Waals surface area (Å²) in [7, 11) is 0. The zero-order valence-corrected chi connectivity index (χ0v) is 17.1. The molecular weight excluding hydrogens is 384 g/mol. The normalized spacial score (nSPS) is 31.6. The number of fused-ring (bicyclic) bond motifs is 2. The van der Waals surface area contributed by atoms with Crippen LogP contribution in [0.4, 0.5) is 0 Å². The van der Waals surface area contributed by atoms with Crippen molar-refractivity contribution in [2.24, 2.45) is 17.1 Å². The second-order valence-electron chi connectivity index (χ2n) is 9.10. The molecule has 3 atom stereocenters. The van der Waals surface area contributed by atoms with E-state index in [0.717, 1.165) is 50.4 Å². The summed E-state index contributed by atoms with van der Waals surface area (Å²) in [5, 5.41) is 2.36. The molecule has 160 valence electrons. The molecule has 3 saturated heterocycles. The smallest absolute Gasteiger partial charge is 0.255 e. The molecule has 0 aliphatic carbocycles. The summed E-state index contributed by atoms with van der Waals surface area (Å²) in [5.74, 6) is -0.310. The van der Waals surface area contributed by atoms with Crippen molar-refractivity contribution in [2.45, 2.75) is 38.4 Å². The fourth-order valence-corrected chi connectivity index (χ4v) is 5.65. The molecule has 8 heteroatoms. The summed E-state index contributed by atoms with van der Waals surface area (Å²) in [6.07, 6.45) is 1.65. The molecule has 0 saturated carbocycles. The van der Waals surface area contributed by atoms with Gasteiger partial charge in [-0.15, -0.1) is 0 Å². The number of amides is 3. The van der Waals surface area contributed by atoms with Crippen LogP contribution in [-0.2, 0) is 27.4 Å². The zero-order chi connectivity index (χ0) is 20.9. The first kappa shape index (κ1) is 19.7. The van der Waals surface area contributed by atoms with Crippen LogP contribution in [0.3, 0.4) is 0 Å². The maximum absolute atomic E-state index is 13.0. The van der Waals surface area contributed by atoms with Gasteiger partial charge in [-0.2, -0.15) is 0 Å². The van der Waals surface area contributed by atoms with Gasteiger partial charge in [0.25, 0.3) is 5.91 Å². The van der Waals surface area contributed by atoms with Crippen molar-refractivity contribution in [1.82, 2.24) is 15.1 Å². The summed E-state index contributed by atoms with van der Waals surface area (Å²) < 4.78 is 5.70. The SMILES string of the molecule is NCC12CCOCC1CN(Cc1cccc3c1CN(C1CCC(=O)NC1=O)C3=O)C2. The highest BCUT2D eigenvalue weighted by molar-refractivity contribution is 6.05. The van der Waals surface area contributed by atoms with Crippen LogP contribution in [0.25, 0.3) is 0 Å². The van der Waals surface area contributed by atoms with Crippen molar-refractivity contribution < 1.29 is 19.1 Å². The Morgan fingerprint density at radius 3 is 2.90 bits per heavy atom. The quantitative estimate of drug-likeness (QED) is 0.687. The lowest BCUT2D eigenvalue weighted by molar-refractivity contribution is -0.136. The first-order chi connectivity index (χ1) is 14.5. The number of imide groups is 1. The third kappa shape index (κ3) is 3.14. The number of nitrogens with one attached hydrogen (secondary N) is 1. The molecule has 3 unspecified atom stereocenters. The number of benzene rings is 1. The minimum Gasteiger partial charge on any atom is -0.381 e. The van der Waals surface area contributed by atoms with Gasteiger partial charge in [-0.05, 0) is 36.6 Å². The first-order valence-electron chi connectivity index (χ1n) is 10.8. The number of rotatable bonds is 4. The van der Waals surface area contributed by atoms with Gasteiger partial charge in [-0.3, -0.25) is 24.6 Å². The second kappa shape index (κ2) is 7.44. The summed E-state index contributed by atoms with van der Waals surface area (Å²) in [5.41, 5.74) is 9.10. The van der Waals surface area contributed by atoms with Gasteiger partial charge in [0, 0.05) is 56.1 Å². The van der Waals surface area contributed by atoms with E-state index in [0.29, 0.717) is 31.0 Å². The fraction of sp³-hybridized carbons (Fsp3) is 0.591. The van der Waals surface area contributed by atoms with Gasteiger partial charge in [-0.25, -0.2) is 0 Å². The highest BCUT2D eigenvalue weighted by Gasteiger charge is 2.47. The Bertz CT molecular complexity index is 903. The lowest BCUT2D eigenvalue weighted by Crippen LogP contribution is -2.52. The van der Waals surface area contributed by atoms with Crippen LogP contribution in [-0.4, -0.2) is 66.4 Å². The minimum absolute atomic E-state index is 0.122. The Hall–Kier alpha value is -2.29. The van der Waals surface area contributed by atoms with Crippen molar-refractivity contribution in [2.75, 3.05) is 32.8 Å². The molecule has 0 bridgehead atoms. The average molecular weight is 412 g/mol. The maximum Gasteiger partial charge on any atom is 0.255 e. The van der Waals surface area contributed by atoms with Crippen molar-refractivity contribution in [3.63, 3.8) is 0 Å². The van der Waals surface area contributed by atoms with Gasteiger partial charge in [0.15, 0.2) is 0 Å². The van der Waals surface area contributed by atoms with Crippen molar-refractivity contribution in [3.05, 3.63) is 34.9 Å². The highest BCUT2D eigenvalue weighted by atomic mass is 16.5. The molecular formula is C22H28N4O4. The topological polar surface area (TPSA) is 105 Å². The molecule has 3 N–H and O–H groups in total. The molecule has 4 aliphatic heterocycles. The van der Waals surface area contributed by atoms with Crippen LogP contribution >= 0.6 is 0 Å². The highest BCUT2D eigenvalue weighted by Crippen LogP contribution is 2.42. The molecule has 1 aromatic carbocycles. The average Bonchev–Trinajstić information content (AvgIpc) is 3.27. The molecule has 3 amide bonds. The Labute approximate surface area is 175 Å². The van der Waals surface area contributed by atoms with Crippen LogP contribution in [0.15, 0.2) is 18.2 Å². The first-order valence-corrected chi connectivity index (χ1v) is 10.8. The zero-order valence-electron chi connectivity index (χ0n) is 17.1. The molecule has 5 rings (SSSR count). The Balaban J connectivity index is 1.35. The van der Waals surface area contributed by atoms with E-state index in [1.54, 1.807) is 4.90 Å². The summed E-state index contributed by atoms with van der Waals surface area (Å²) in [4.78, 5) is 40.9. The van der Waals surface area contributed by atoms with Crippen molar-refractivity contribution >= 4 is 17.7 Å². The Morgan fingerprint density at radius 1 is 1.27 bits per heavy atom. The van der Waals surface area contributed by atoms with E-state index in [4.69, 9.17) is 10.5 Å². The van der Waals surface area contributed by atoms with Gasteiger partial charge < -0.3 is 15.4 Å². The number of likely N-dealkylation sites (tertiary alicyclic amines) is 1. The fourth-order valence-electron chi connectivity index (χ4n) is 5.65. The van der Waals surface area contributed by atoms with E-state index in [1.165, 1.54) is 0 Å². The second-order valence-corrected chi connectivity index (χ2v) is 9.10. The number of hydrogen-bond donors (Lipinski definition) is 2. The van der Waals surface area contributed by atoms with Crippen LogP contribution in [0, 0.1) is 11.3 Å². The van der Waals surface area contributed by atoms with E-state index in [-0.39, 0.29) is 29.6 Å². The van der Waals surface area contributed by atoms with Crippen LogP contribution in [0.1, 0.15) is 40.7 Å². The number of nitrogens with two attached hydrogens (primary N) is 1. The van der Waals surface area contributed by atoms with Crippen molar-refractivity contribution in [3.8, 4) is 0 Å². The van der Waals surface area contributed by atoms with E-state index < -0.39 is 6.04 Å². The molecule has 0 spiro atoms. The predicted octanol–water partition coefficient (Wildman–Crippen LogP) is 0.245. The third-order valence-corrected chi connectivity index (χ3v) is 7.43. The van der Waals surface area contributed by atoms with E-state index >= 15 is 0 Å². The standard InChI is InChI=1S/C22H28N4O4/c23-12-22-6-7-30-11-15(22)9-25(13-22)8-14-2-1-3-16-17(14)10-26(21(16)29)18-4-5-19(27)24-20(18)28/h1-3,15,18H,4-13,23H2,(H,24,27,28). The van der Waals surface area contributed by atoms with Gasteiger partial charge in [0.05, 0.1) is 6.61 Å². The van der Waals surface area contributed by atoms with E-state index in [2.05, 4.69) is 16.3 Å². The van der Waals surface area contributed by atoms with Crippen LogP contribution < -0.4 is 11.1 Å². The molecule has 0 radical (unpaired) electrons. The molecule has 30 heavy (non-hydrogen) atoms.